The number of carbonyl (C=O) groups excluding carboxylic acids is 3. The third-order valence-corrected chi connectivity index (χ3v) is 4.30. The van der Waals surface area contributed by atoms with Gasteiger partial charge in [0.2, 0.25) is 5.91 Å². The fourth-order valence-corrected chi connectivity index (χ4v) is 2.95. The van der Waals surface area contributed by atoms with Gasteiger partial charge in [0.1, 0.15) is 18.1 Å². The summed E-state index contributed by atoms with van der Waals surface area (Å²) >= 11 is 0.733. The van der Waals surface area contributed by atoms with Gasteiger partial charge >= 0.3 is 0 Å². The monoisotopic (exact) mass is 372 g/mol. The predicted octanol–water partition coefficient (Wildman–Crippen LogP) is 3.65. The molecular formula is C18H13FN2O4S. The van der Waals surface area contributed by atoms with Gasteiger partial charge in [-0.2, -0.15) is 0 Å². The number of hydrogen-bond acceptors (Lipinski definition) is 5. The number of halogens is 1. The number of nitrogens with zero attached hydrogens (tertiary/aromatic N) is 1. The van der Waals surface area contributed by atoms with Crippen LogP contribution in [0.5, 0.6) is 0 Å². The van der Waals surface area contributed by atoms with Gasteiger partial charge in [-0.05, 0) is 48.2 Å². The van der Waals surface area contributed by atoms with Crippen molar-refractivity contribution >= 4 is 40.6 Å². The summed E-state index contributed by atoms with van der Waals surface area (Å²) in [6, 6.07) is 9.10. The molecule has 2 aromatic rings. The van der Waals surface area contributed by atoms with Gasteiger partial charge in [0.15, 0.2) is 0 Å². The van der Waals surface area contributed by atoms with E-state index in [1.165, 1.54) is 30.5 Å². The molecule has 0 unspecified atom stereocenters. The molecule has 2 heterocycles. The largest absolute Gasteiger partial charge is 0.465 e. The third kappa shape index (κ3) is 4.09. The van der Waals surface area contributed by atoms with Gasteiger partial charge in [0.25, 0.3) is 11.1 Å². The number of rotatable bonds is 5. The Morgan fingerprint density at radius 3 is 2.77 bits per heavy atom. The first-order valence-electron chi connectivity index (χ1n) is 7.54. The number of furan rings is 1. The Morgan fingerprint density at radius 2 is 2.04 bits per heavy atom. The minimum absolute atomic E-state index is 0.0126. The summed E-state index contributed by atoms with van der Waals surface area (Å²) in [5, 5.41) is 1.78. The van der Waals surface area contributed by atoms with Crippen molar-refractivity contribution < 1.29 is 23.2 Å². The first-order chi connectivity index (χ1) is 12.5. The zero-order chi connectivity index (χ0) is 18.5. The highest BCUT2D eigenvalue weighted by atomic mass is 32.2. The number of benzene rings is 1. The fourth-order valence-electron chi connectivity index (χ4n) is 2.16. The number of thioether (sulfide) groups is 1. The summed E-state index contributed by atoms with van der Waals surface area (Å²) in [7, 11) is 0. The van der Waals surface area contributed by atoms with Crippen LogP contribution in [0.4, 0.5) is 14.9 Å². The molecule has 3 rings (SSSR count). The highest BCUT2D eigenvalue weighted by Crippen LogP contribution is 2.30. The standard InChI is InChI=1S/C18H13FN2O4S/c19-13-7-1-2-8-14(13)20-16(22)11-21-17(23)15(26-18(21)24)9-3-5-12-6-4-10-25-12/h1-10H,11H2,(H,20,22). The molecule has 3 amide bonds. The van der Waals surface area contributed by atoms with Crippen LogP contribution in [0.25, 0.3) is 6.08 Å². The van der Waals surface area contributed by atoms with Crippen molar-refractivity contribution in [3.63, 3.8) is 0 Å². The van der Waals surface area contributed by atoms with Gasteiger partial charge < -0.3 is 9.73 Å². The quantitative estimate of drug-likeness (QED) is 0.811. The van der Waals surface area contributed by atoms with E-state index in [0.717, 1.165) is 16.7 Å². The van der Waals surface area contributed by atoms with Crippen LogP contribution >= 0.6 is 11.8 Å². The summed E-state index contributed by atoms with van der Waals surface area (Å²) in [5.41, 5.74) is -0.0126. The smallest absolute Gasteiger partial charge is 0.294 e. The zero-order valence-electron chi connectivity index (χ0n) is 13.3. The molecule has 6 nitrogen and oxygen atoms in total. The molecule has 1 aromatic heterocycles. The van der Waals surface area contributed by atoms with Crippen molar-refractivity contribution in [2.75, 3.05) is 11.9 Å². The number of amides is 3. The highest BCUT2D eigenvalue weighted by Gasteiger charge is 2.36. The van der Waals surface area contributed by atoms with E-state index < -0.39 is 29.4 Å². The molecule has 1 aliphatic rings. The second-order valence-electron chi connectivity index (χ2n) is 5.19. The number of imide groups is 1. The molecule has 0 radical (unpaired) electrons. The normalized spacial score (nSPS) is 16.0. The first-order valence-corrected chi connectivity index (χ1v) is 8.36. The topological polar surface area (TPSA) is 79.6 Å². The number of nitrogens with one attached hydrogen (secondary N) is 1. The van der Waals surface area contributed by atoms with E-state index in [4.69, 9.17) is 4.42 Å². The summed E-state index contributed by atoms with van der Waals surface area (Å²) in [6.45, 7) is -0.488. The molecule has 0 atom stereocenters. The molecule has 132 valence electrons. The Hall–Kier alpha value is -3.13. The SMILES string of the molecule is O=C(CN1C(=O)SC(=CC=Cc2ccco2)C1=O)Nc1ccccc1F. The van der Waals surface area contributed by atoms with Crippen LogP contribution in [0.1, 0.15) is 5.76 Å². The maximum atomic E-state index is 13.5. The molecule has 26 heavy (non-hydrogen) atoms. The molecular weight excluding hydrogens is 359 g/mol. The predicted molar refractivity (Wildman–Crippen MR) is 95.6 cm³/mol. The van der Waals surface area contributed by atoms with Gasteiger partial charge in [-0.1, -0.05) is 18.2 Å². The van der Waals surface area contributed by atoms with Crippen LogP contribution in [-0.2, 0) is 9.59 Å². The van der Waals surface area contributed by atoms with Gasteiger partial charge in [-0.15, -0.1) is 0 Å². The average Bonchev–Trinajstić information content (AvgIpc) is 3.21. The summed E-state index contributed by atoms with van der Waals surface area (Å²) in [6.07, 6.45) is 6.21. The van der Waals surface area contributed by atoms with Crippen LogP contribution in [0, 0.1) is 5.82 Å². The molecule has 0 spiro atoms. The van der Waals surface area contributed by atoms with Crippen LogP contribution in [0.3, 0.4) is 0 Å². The summed E-state index contributed by atoms with van der Waals surface area (Å²) in [5.74, 6) is -1.24. The second kappa shape index (κ2) is 7.83. The Labute approximate surface area is 152 Å². The lowest BCUT2D eigenvalue weighted by molar-refractivity contribution is -0.127. The van der Waals surface area contributed by atoms with E-state index in [2.05, 4.69) is 5.32 Å². The van der Waals surface area contributed by atoms with Crippen molar-refractivity contribution in [2.24, 2.45) is 0 Å². The zero-order valence-corrected chi connectivity index (χ0v) is 14.2. The lowest BCUT2D eigenvalue weighted by Crippen LogP contribution is -2.36. The maximum absolute atomic E-state index is 13.5. The molecule has 8 heteroatoms. The lowest BCUT2D eigenvalue weighted by Gasteiger charge is -2.12. The number of hydrogen-bond donors (Lipinski definition) is 1. The molecule has 1 fully saturated rings. The van der Waals surface area contributed by atoms with Gasteiger partial charge in [0, 0.05) is 0 Å². The second-order valence-corrected chi connectivity index (χ2v) is 6.19. The summed E-state index contributed by atoms with van der Waals surface area (Å²) < 4.78 is 18.7. The molecule has 0 aliphatic carbocycles. The Morgan fingerprint density at radius 1 is 1.23 bits per heavy atom. The number of carbonyl (C=O) groups is 3. The van der Waals surface area contributed by atoms with Crippen LogP contribution in [0.2, 0.25) is 0 Å². The van der Waals surface area contributed by atoms with Crippen molar-refractivity contribution in [3.8, 4) is 0 Å². The van der Waals surface area contributed by atoms with Crippen molar-refractivity contribution in [1.82, 2.24) is 4.90 Å². The number of para-hydroxylation sites is 1. The van der Waals surface area contributed by atoms with Gasteiger partial charge in [-0.3, -0.25) is 19.3 Å². The molecule has 1 saturated heterocycles. The van der Waals surface area contributed by atoms with Crippen LogP contribution in [-0.4, -0.2) is 28.5 Å². The van der Waals surface area contributed by atoms with E-state index in [-0.39, 0.29) is 10.6 Å². The number of anilines is 1. The van der Waals surface area contributed by atoms with Gasteiger partial charge in [-0.25, -0.2) is 4.39 Å². The third-order valence-electron chi connectivity index (χ3n) is 3.37. The molecule has 1 aliphatic heterocycles. The van der Waals surface area contributed by atoms with E-state index in [0.29, 0.717) is 5.76 Å². The number of allylic oxidation sites excluding steroid dienone is 2. The van der Waals surface area contributed by atoms with E-state index >= 15 is 0 Å². The molecule has 0 bridgehead atoms. The lowest BCUT2D eigenvalue weighted by atomic mass is 10.3. The fraction of sp³-hybridized carbons (Fsp3) is 0.0556. The molecule has 0 saturated carbocycles. The Balaban J connectivity index is 1.63. The van der Waals surface area contributed by atoms with Crippen LogP contribution < -0.4 is 5.32 Å². The molecule has 1 aromatic carbocycles. The average molecular weight is 372 g/mol. The summed E-state index contributed by atoms with van der Waals surface area (Å²) in [4.78, 5) is 37.3. The van der Waals surface area contributed by atoms with E-state index in [1.54, 1.807) is 30.4 Å². The first kappa shape index (κ1) is 17.7. The Kier molecular flexibility index (Phi) is 5.33. The van der Waals surface area contributed by atoms with E-state index in [9.17, 15) is 18.8 Å². The van der Waals surface area contributed by atoms with Crippen molar-refractivity contribution in [1.29, 1.82) is 0 Å². The Bertz CT molecular complexity index is 906. The maximum Gasteiger partial charge on any atom is 0.294 e. The molecule has 1 N–H and O–H groups in total. The minimum Gasteiger partial charge on any atom is -0.465 e. The highest BCUT2D eigenvalue weighted by molar-refractivity contribution is 8.18. The van der Waals surface area contributed by atoms with Crippen molar-refractivity contribution in [2.45, 2.75) is 0 Å². The minimum atomic E-state index is -0.662. The van der Waals surface area contributed by atoms with E-state index in [1.807, 2.05) is 0 Å². The van der Waals surface area contributed by atoms with Gasteiger partial charge in [0.05, 0.1) is 16.9 Å². The van der Waals surface area contributed by atoms with Crippen molar-refractivity contribution in [3.05, 3.63) is 71.3 Å². The van der Waals surface area contributed by atoms with Crippen LogP contribution in [0.15, 0.2) is 64.1 Å².